The van der Waals surface area contributed by atoms with Crippen LogP contribution in [0, 0.1) is 0 Å². The molecule has 0 saturated heterocycles. The van der Waals surface area contributed by atoms with E-state index in [-0.39, 0.29) is 24.0 Å². The molecule has 1 heterocycles. The molecule has 0 unspecified atom stereocenters. The minimum Gasteiger partial charge on any atom is -0.491 e. The van der Waals surface area contributed by atoms with Crippen molar-refractivity contribution >= 4 is 40.8 Å². The molecule has 2 amide bonds. The van der Waals surface area contributed by atoms with Crippen LogP contribution in [-0.2, 0) is 9.59 Å². The highest BCUT2D eigenvalue weighted by Gasteiger charge is 2.40. The topological polar surface area (TPSA) is 46.6 Å². The number of hydrogen-bond donors (Lipinski definition) is 0. The molecule has 0 atom stereocenters. The molecule has 0 N–H and O–H groups in total. The molecule has 0 radical (unpaired) electrons. The van der Waals surface area contributed by atoms with E-state index in [1.807, 2.05) is 64.1 Å². The minimum absolute atomic E-state index is 0.0622. The Morgan fingerprint density at radius 1 is 0.893 bits per heavy atom. The van der Waals surface area contributed by atoms with Crippen LogP contribution >= 0.6 is 23.4 Å². The van der Waals surface area contributed by atoms with E-state index in [9.17, 15) is 9.59 Å². The smallest absolute Gasteiger partial charge is 0.268 e. The number of carbonyl (C=O) groups excluding carboxylic acids is 2. The highest BCUT2D eigenvalue weighted by Crippen LogP contribution is 2.40. The molecule has 2 aromatic rings. The van der Waals surface area contributed by atoms with Gasteiger partial charge in [-0.3, -0.25) is 14.5 Å². The summed E-state index contributed by atoms with van der Waals surface area (Å²) >= 11 is 7.25. The molecule has 0 aliphatic carbocycles. The summed E-state index contributed by atoms with van der Waals surface area (Å²) in [7, 11) is 0. The van der Waals surface area contributed by atoms with Crippen molar-refractivity contribution in [2.75, 3.05) is 0 Å². The lowest BCUT2D eigenvalue weighted by molar-refractivity contribution is -0.138. The quantitative estimate of drug-likeness (QED) is 0.592. The van der Waals surface area contributed by atoms with Crippen LogP contribution in [0.1, 0.15) is 33.3 Å². The van der Waals surface area contributed by atoms with Gasteiger partial charge in [0.15, 0.2) is 0 Å². The number of amides is 2. The fraction of sp³-hybridized carbons (Fsp3) is 0.273. The highest BCUT2D eigenvalue weighted by atomic mass is 35.5. The van der Waals surface area contributed by atoms with Gasteiger partial charge in [0.1, 0.15) is 5.75 Å². The van der Waals surface area contributed by atoms with Crippen LogP contribution in [0.4, 0.5) is 0 Å². The first-order valence-corrected chi connectivity index (χ1v) is 10.3. The van der Waals surface area contributed by atoms with Crippen molar-refractivity contribution in [2.24, 2.45) is 0 Å². The van der Waals surface area contributed by atoms with Crippen molar-refractivity contribution < 1.29 is 14.3 Å². The van der Waals surface area contributed by atoms with Gasteiger partial charge in [0, 0.05) is 16.0 Å². The van der Waals surface area contributed by atoms with Crippen molar-refractivity contribution in [3.05, 3.63) is 64.0 Å². The number of halogens is 1. The zero-order valence-corrected chi connectivity index (χ0v) is 17.8. The lowest BCUT2D eigenvalue weighted by Gasteiger charge is -2.19. The Morgan fingerprint density at radius 3 is 2.04 bits per heavy atom. The number of nitrogens with zero attached hydrogens (tertiary/aromatic N) is 1. The zero-order valence-electron chi connectivity index (χ0n) is 16.2. The summed E-state index contributed by atoms with van der Waals surface area (Å²) in [6.07, 6.45) is 0.0622. The first-order chi connectivity index (χ1) is 13.3. The summed E-state index contributed by atoms with van der Waals surface area (Å²) in [5, 5.41) is 0.622. The SMILES string of the molecule is CC(C)Oc1ccc(C2=C(Sc3ccc(Cl)cc3)C(=O)N(C(C)C)C2=O)cc1. The molecule has 0 aromatic heterocycles. The van der Waals surface area contributed by atoms with Crippen molar-refractivity contribution in [2.45, 2.75) is 44.7 Å². The number of imide groups is 1. The zero-order chi connectivity index (χ0) is 20.4. The predicted molar refractivity (Wildman–Crippen MR) is 113 cm³/mol. The summed E-state index contributed by atoms with van der Waals surface area (Å²) in [4.78, 5) is 28.6. The fourth-order valence-corrected chi connectivity index (χ4v) is 4.06. The average Bonchev–Trinajstić information content (AvgIpc) is 2.87. The second-order valence-electron chi connectivity index (χ2n) is 7.03. The van der Waals surface area contributed by atoms with Crippen molar-refractivity contribution in [1.82, 2.24) is 4.90 Å². The summed E-state index contributed by atoms with van der Waals surface area (Å²) in [6.45, 7) is 7.58. The normalized spacial score (nSPS) is 14.6. The molecule has 0 fully saturated rings. The van der Waals surface area contributed by atoms with Gasteiger partial charge in [-0.2, -0.15) is 0 Å². The molecule has 0 bridgehead atoms. The molecule has 146 valence electrons. The van der Waals surface area contributed by atoms with Crippen LogP contribution in [0.5, 0.6) is 5.75 Å². The maximum atomic E-state index is 13.1. The van der Waals surface area contributed by atoms with E-state index < -0.39 is 0 Å². The number of ether oxygens (including phenoxy) is 1. The molecule has 0 saturated carbocycles. The van der Waals surface area contributed by atoms with Crippen LogP contribution in [0.3, 0.4) is 0 Å². The van der Waals surface area contributed by atoms with E-state index in [0.29, 0.717) is 21.1 Å². The lowest BCUT2D eigenvalue weighted by Crippen LogP contribution is -2.37. The molecule has 28 heavy (non-hydrogen) atoms. The van der Waals surface area contributed by atoms with Gasteiger partial charge < -0.3 is 4.74 Å². The molecular formula is C22H22ClNO3S. The number of thioether (sulfide) groups is 1. The third kappa shape index (κ3) is 4.26. The molecule has 4 nitrogen and oxygen atoms in total. The largest absolute Gasteiger partial charge is 0.491 e. The molecular weight excluding hydrogens is 394 g/mol. The van der Waals surface area contributed by atoms with Crippen LogP contribution in [0.15, 0.2) is 58.3 Å². The number of benzene rings is 2. The monoisotopic (exact) mass is 415 g/mol. The summed E-state index contributed by atoms with van der Waals surface area (Å²) in [5.41, 5.74) is 1.13. The number of rotatable bonds is 6. The second-order valence-corrected chi connectivity index (χ2v) is 8.55. The molecule has 0 spiro atoms. The lowest BCUT2D eigenvalue weighted by atomic mass is 10.1. The van der Waals surface area contributed by atoms with Gasteiger partial charge in [0.05, 0.1) is 16.6 Å². The van der Waals surface area contributed by atoms with E-state index in [0.717, 1.165) is 10.6 Å². The van der Waals surface area contributed by atoms with Crippen LogP contribution < -0.4 is 4.74 Å². The number of hydrogen-bond acceptors (Lipinski definition) is 4. The highest BCUT2D eigenvalue weighted by molar-refractivity contribution is 8.04. The van der Waals surface area contributed by atoms with Crippen LogP contribution in [0.2, 0.25) is 5.02 Å². The molecule has 2 aromatic carbocycles. The Hall–Kier alpha value is -2.24. The molecule has 1 aliphatic heterocycles. The maximum Gasteiger partial charge on any atom is 0.268 e. The van der Waals surface area contributed by atoms with Gasteiger partial charge >= 0.3 is 0 Å². The Labute approximate surface area is 174 Å². The van der Waals surface area contributed by atoms with Gasteiger partial charge in [-0.25, -0.2) is 0 Å². The van der Waals surface area contributed by atoms with Gasteiger partial charge in [-0.1, -0.05) is 35.5 Å². The predicted octanol–water partition coefficient (Wildman–Crippen LogP) is 5.41. The third-order valence-electron chi connectivity index (χ3n) is 4.14. The Bertz CT molecular complexity index is 918. The maximum absolute atomic E-state index is 13.1. The Balaban J connectivity index is 2.02. The Morgan fingerprint density at radius 2 is 1.50 bits per heavy atom. The first kappa shape index (κ1) is 20.5. The molecule has 6 heteroatoms. The summed E-state index contributed by atoms with van der Waals surface area (Å²) in [5.74, 6) is 0.190. The van der Waals surface area contributed by atoms with Gasteiger partial charge in [0.2, 0.25) is 0 Å². The van der Waals surface area contributed by atoms with E-state index in [4.69, 9.17) is 16.3 Å². The summed E-state index contributed by atoms with van der Waals surface area (Å²) < 4.78 is 5.68. The standard InChI is InChI=1S/C22H22ClNO3S/c1-13(2)24-21(25)19(15-5-9-17(10-6-15)27-14(3)4)20(22(24)26)28-18-11-7-16(23)8-12-18/h5-14H,1-4H3. The van der Waals surface area contributed by atoms with E-state index >= 15 is 0 Å². The number of carbonyl (C=O) groups is 2. The van der Waals surface area contributed by atoms with E-state index in [2.05, 4.69) is 0 Å². The van der Waals surface area contributed by atoms with E-state index in [1.165, 1.54) is 16.7 Å². The van der Waals surface area contributed by atoms with Crippen LogP contribution in [-0.4, -0.2) is 28.9 Å². The van der Waals surface area contributed by atoms with Gasteiger partial charge in [-0.15, -0.1) is 0 Å². The van der Waals surface area contributed by atoms with Crippen molar-refractivity contribution in [3.8, 4) is 5.75 Å². The van der Waals surface area contributed by atoms with Crippen molar-refractivity contribution in [1.29, 1.82) is 0 Å². The third-order valence-corrected chi connectivity index (χ3v) is 5.48. The van der Waals surface area contributed by atoms with E-state index in [1.54, 1.807) is 12.1 Å². The van der Waals surface area contributed by atoms with Crippen molar-refractivity contribution in [3.63, 3.8) is 0 Å². The Kier molecular flexibility index (Phi) is 6.16. The minimum atomic E-state index is -0.269. The first-order valence-electron chi connectivity index (χ1n) is 9.10. The second kappa shape index (κ2) is 8.41. The summed E-state index contributed by atoms with van der Waals surface area (Å²) in [6, 6.07) is 14.3. The fourth-order valence-electron chi connectivity index (χ4n) is 2.94. The molecule has 3 rings (SSSR count). The molecule has 1 aliphatic rings. The van der Waals surface area contributed by atoms with Crippen LogP contribution in [0.25, 0.3) is 5.57 Å². The van der Waals surface area contributed by atoms with Gasteiger partial charge in [-0.05, 0) is 69.7 Å². The average molecular weight is 416 g/mol. The van der Waals surface area contributed by atoms with Gasteiger partial charge in [0.25, 0.3) is 11.8 Å².